The quantitative estimate of drug-likeness (QED) is 0.332. The summed E-state index contributed by atoms with van der Waals surface area (Å²) in [4.78, 5) is 40.1. The van der Waals surface area contributed by atoms with Crippen molar-refractivity contribution in [3.63, 3.8) is 0 Å². The Morgan fingerprint density at radius 1 is 1.17 bits per heavy atom. The molecule has 0 aliphatic carbocycles. The van der Waals surface area contributed by atoms with Crippen molar-refractivity contribution in [1.82, 2.24) is 9.79 Å². The summed E-state index contributed by atoms with van der Waals surface area (Å²) in [6.45, 7) is 4.55. The molecule has 0 aliphatic heterocycles. The highest BCUT2D eigenvalue weighted by Gasteiger charge is 2.45. The largest absolute Gasteiger partial charge is 0.487 e. The molecule has 12 nitrogen and oxygen atoms in total. The maximum atomic E-state index is 13.5. The van der Waals surface area contributed by atoms with E-state index in [-0.39, 0.29) is 12.4 Å². The van der Waals surface area contributed by atoms with Crippen LogP contribution in [0.15, 0.2) is 53.4 Å². The number of carbonyl (C=O) groups is 2. The van der Waals surface area contributed by atoms with Gasteiger partial charge in [0.15, 0.2) is 0 Å². The zero-order valence-electron chi connectivity index (χ0n) is 20.5. The molecule has 2 atom stereocenters. The molecule has 0 saturated heterocycles. The third-order valence-corrected chi connectivity index (χ3v) is 6.81. The first-order chi connectivity index (χ1) is 16.7. The molecule has 2 unspecified atom stereocenters. The average Bonchev–Trinajstić information content (AvgIpc) is 2.80. The van der Waals surface area contributed by atoms with E-state index in [1.165, 1.54) is 14.2 Å². The number of amides is 1. The van der Waals surface area contributed by atoms with Crippen molar-refractivity contribution < 1.29 is 37.6 Å². The van der Waals surface area contributed by atoms with E-state index in [0.29, 0.717) is 5.56 Å². The normalized spacial score (nSPS) is 13.5. The maximum Gasteiger partial charge on any atom is 0.309 e. The molecular weight excluding hydrogens is 494 g/mol. The van der Waals surface area contributed by atoms with Gasteiger partial charge in [0, 0.05) is 13.1 Å². The third kappa shape index (κ3) is 6.99. The Labute approximate surface area is 209 Å². The number of nitrogens with zero attached hydrogens (tertiary/aromatic N) is 2. The number of nitro benzene ring substituents is 1. The third-order valence-electron chi connectivity index (χ3n) is 5.33. The number of hydroxylamine groups is 2. The molecule has 0 aliphatic rings. The Balaban J connectivity index is 2.57. The lowest BCUT2D eigenvalue weighted by Crippen LogP contribution is -2.56. The highest BCUT2D eigenvalue weighted by atomic mass is 32.2. The molecule has 196 valence electrons. The lowest BCUT2D eigenvalue weighted by Gasteiger charge is -2.34. The number of hydrogen-bond acceptors (Lipinski definition) is 8. The van der Waals surface area contributed by atoms with E-state index in [1.54, 1.807) is 51.1 Å². The van der Waals surface area contributed by atoms with Crippen LogP contribution in [-0.2, 0) is 31.1 Å². The van der Waals surface area contributed by atoms with Crippen molar-refractivity contribution in [1.29, 1.82) is 0 Å². The van der Waals surface area contributed by atoms with Crippen LogP contribution >= 0.6 is 0 Å². The fourth-order valence-corrected chi connectivity index (χ4v) is 4.80. The van der Waals surface area contributed by atoms with Crippen molar-refractivity contribution >= 4 is 27.6 Å². The maximum absolute atomic E-state index is 13.5. The summed E-state index contributed by atoms with van der Waals surface area (Å²) in [7, 11) is -2.24. The van der Waals surface area contributed by atoms with Gasteiger partial charge in [0.2, 0.25) is 10.0 Å². The van der Waals surface area contributed by atoms with Gasteiger partial charge in [0.05, 0.1) is 24.0 Å². The molecule has 0 bridgehead atoms. The number of non-ortho nitro benzene ring substituents is 1. The zero-order chi connectivity index (χ0) is 27.3. The van der Waals surface area contributed by atoms with E-state index in [2.05, 4.69) is 4.72 Å². The molecule has 36 heavy (non-hydrogen) atoms. The summed E-state index contributed by atoms with van der Waals surface area (Å²) < 4.78 is 34.7. The predicted molar refractivity (Wildman–Crippen MR) is 128 cm³/mol. The van der Waals surface area contributed by atoms with E-state index in [9.17, 15) is 33.2 Å². The number of ether oxygens (including phenoxy) is 1. The van der Waals surface area contributed by atoms with Crippen LogP contribution in [0.25, 0.3) is 0 Å². The van der Waals surface area contributed by atoms with Crippen LogP contribution in [0.4, 0.5) is 5.69 Å². The zero-order valence-corrected chi connectivity index (χ0v) is 21.3. The molecule has 0 aromatic heterocycles. The molecule has 0 saturated carbocycles. The lowest BCUT2D eigenvalue weighted by molar-refractivity contribution is -0.385. The fourth-order valence-electron chi connectivity index (χ4n) is 3.47. The number of rotatable bonds is 11. The smallest absolute Gasteiger partial charge is 0.309 e. The fraction of sp³-hybridized carbons (Fsp3) is 0.391. The van der Waals surface area contributed by atoms with Crippen LogP contribution < -0.4 is 9.46 Å². The van der Waals surface area contributed by atoms with Crippen LogP contribution in [0.2, 0.25) is 0 Å². The van der Waals surface area contributed by atoms with E-state index in [1.807, 2.05) is 0 Å². The summed E-state index contributed by atoms with van der Waals surface area (Å²) in [6, 6.07) is 9.83. The number of nitrogens with one attached hydrogen (secondary N) is 1. The Hall–Kier alpha value is -3.55. The van der Waals surface area contributed by atoms with E-state index >= 15 is 0 Å². The molecule has 1 amide bonds. The Bertz CT molecular complexity index is 1210. The second kappa shape index (κ2) is 11.5. The average molecular weight is 524 g/mol. The van der Waals surface area contributed by atoms with Gasteiger partial charge in [-0.25, -0.2) is 13.5 Å². The molecule has 0 spiro atoms. The first-order valence-corrected chi connectivity index (χ1v) is 12.2. The molecule has 2 N–H and O–H groups in total. The number of carboxylic acid groups (broad SMARTS) is 1. The minimum atomic E-state index is -4.63. The number of likely N-dealkylation sites (N-methyl/N-ethyl adjacent to an activating group) is 1. The van der Waals surface area contributed by atoms with Gasteiger partial charge in [-0.3, -0.25) is 24.5 Å². The minimum absolute atomic E-state index is 0.0982. The van der Waals surface area contributed by atoms with Crippen molar-refractivity contribution in [3.8, 4) is 5.75 Å². The van der Waals surface area contributed by atoms with Gasteiger partial charge in [-0.05, 0) is 17.0 Å². The van der Waals surface area contributed by atoms with Crippen molar-refractivity contribution in [2.45, 2.75) is 38.3 Å². The van der Waals surface area contributed by atoms with Gasteiger partial charge >= 0.3 is 5.97 Å². The lowest BCUT2D eigenvalue weighted by atomic mass is 9.76. The Morgan fingerprint density at radius 2 is 1.78 bits per heavy atom. The van der Waals surface area contributed by atoms with E-state index < -0.39 is 54.8 Å². The van der Waals surface area contributed by atoms with Crippen LogP contribution in [-0.4, -0.2) is 55.6 Å². The van der Waals surface area contributed by atoms with Gasteiger partial charge in [-0.2, -0.15) is 4.72 Å². The number of aliphatic carboxylic acids is 1. The molecule has 0 fully saturated rings. The molecule has 0 heterocycles. The number of carbonyl (C=O) groups excluding carboxylic acids is 1. The van der Waals surface area contributed by atoms with Gasteiger partial charge in [0.25, 0.3) is 11.6 Å². The first-order valence-electron chi connectivity index (χ1n) is 10.7. The highest BCUT2D eigenvalue weighted by Crippen LogP contribution is 2.33. The number of sulfonamides is 1. The first kappa shape index (κ1) is 28.7. The molecule has 0 radical (unpaired) electrons. The molecule has 2 rings (SSSR count). The number of nitro groups is 1. The van der Waals surface area contributed by atoms with Gasteiger partial charge in [-0.15, -0.1) is 0 Å². The summed E-state index contributed by atoms with van der Waals surface area (Å²) >= 11 is 0. The molecule has 13 heteroatoms. The predicted octanol–water partition coefficient (Wildman–Crippen LogP) is 2.59. The summed E-state index contributed by atoms with van der Waals surface area (Å²) in [5.41, 5.74) is -0.790. The van der Waals surface area contributed by atoms with Gasteiger partial charge < -0.3 is 9.84 Å². The molecule has 2 aromatic carbocycles. The highest BCUT2D eigenvalue weighted by molar-refractivity contribution is 7.89. The summed E-state index contributed by atoms with van der Waals surface area (Å²) in [5, 5.41) is 21.9. The number of hydrogen-bond donors (Lipinski definition) is 2. The van der Waals surface area contributed by atoms with Gasteiger partial charge in [0.1, 0.15) is 23.3 Å². The minimum Gasteiger partial charge on any atom is -0.487 e. The van der Waals surface area contributed by atoms with Gasteiger partial charge in [-0.1, -0.05) is 51.1 Å². The van der Waals surface area contributed by atoms with Crippen LogP contribution in [0.5, 0.6) is 5.75 Å². The second-order valence-electron chi connectivity index (χ2n) is 8.96. The summed E-state index contributed by atoms with van der Waals surface area (Å²) in [5.74, 6) is -4.19. The van der Waals surface area contributed by atoms with Crippen LogP contribution in [0.3, 0.4) is 0 Å². The number of benzene rings is 2. The number of carboxylic acids is 1. The Morgan fingerprint density at radius 3 is 2.28 bits per heavy atom. The monoisotopic (exact) mass is 523 g/mol. The van der Waals surface area contributed by atoms with Crippen molar-refractivity contribution in [2.24, 2.45) is 11.3 Å². The molecule has 2 aromatic rings. The van der Waals surface area contributed by atoms with E-state index in [4.69, 9.17) is 9.57 Å². The van der Waals surface area contributed by atoms with Crippen molar-refractivity contribution in [3.05, 3.63) is 64.2 Å². The standard InChI is InChI=1S/C23H29N3O9S/c1-23(2,3)19(22(28)29)20(21(27)25(4)34-5)24-36(32,33)18-12-11-16(26(30)31)13-17(18)35-14-15-9-7-6-8-10-15/h6-13,19-20,24H,14H2,1-5H3,(H,28,29). The van der Waals surface area contributed by atoms with Crippen LogP contribution in [0.1, 0.15) is 26.3 Å². The summed E-state index contributed by atoms with van der Waals surface area (Å²) in [6.07, 6.45) is 0. The van der Waals surface area contributed by atoms with Crippen molar-refractivity contribution in [2.75, 3.05) is 14.2 Å². The van der Waals surface area contributed by atoms with E-state index in [0.717, 1.165) is 23.3 Å². The van der Waals surface area contributed by atoms with Crippen LogP contribution in [0, 0.1) is 21.4 Å². The Kier molecular flexibility index (Phi) is 9.13. The SMILES string of the molecule is CON(C)C(=O)C(NS(=O)(=O)c1ccc([N+](=O)[O-])cc1OCc1ccccc1)C(C(=O)O)C(C)(C)C. The topological polar surface area (TPSA) is 165 Å². The molecular formula is C23H29N3O9S. The second-order valence-corrected chi connectivity index (χ2v) is 10.6.